The summed E-state index contributed by atoms with van der Waals surface area (Å²) in [5.74, 6) is -0.240. The zero-order valence-corrected chi connectivity index (χ0v) is 12.0. The van der Waals surface area contributed by atoms with Crippen molar-refractivity contribution < 1.29 is 12.8 Å². The van der Waals surface area contributed by atoms with Gasteiger partial charge in [0.2, 0.25) is 10.0 Å². The van der Waals surface area contributed by atoms with E-state index in [1.54, 1.807) is 0 Å². The van der Waals surface area contributed by atoms with E-state index in [0.717, 1.165) is 12.5 Å². The minimum absolute atomic E-state index is 0.00375. The lowest BCUT2D eigenvalue weighted by molar-refractivity contribution is 0.404. The molecule has 1 fully saturated rings. The molecule has 1 saturated heterocycles. The van der Waals surface area contributed by atoms with Gasteiger partial charge in [-0.2, -0.15) is 4.31 Å². The molecule has 4 nitrogen and oxygen atoms in total. The van der Waals surface area contributed by atoms with Crippen LogP contribution in [0.5, 0.6) is 0 Å². The molecule has 1 heterocycles. The number of hydrogen-bond acceptors (Lipinski definition) is 3. The third kappa shape index (κ3) is 2.66. The lowest BCUT2D eigenvalue weighted by Crippen LogP contribution is -2.34. The van der Waals surface area contributed by atoms with Crippen LogP contribution in [0.3, 0.4) is 0 Å². The average Bonchev–Trinajstić information content (AvgIpc) is 2.69. The quantitative estimate of drug-likeness (QED) is 0.920. The SMILES string of the molecule is CC1CC(C)N(S(=O)(=O)c2cc(F)ccc2CN)C1. The molecule has 1 aromatic carbocycles. The molecule has 2 N–H and O–H groups in total. The molecule has 1 aliphatic rings. The highest BCUT2D eigenvalue weighted by molar-refractivity contribution is 7.89. The van der Waals surface area contributed by atoms with E-state index in [-0.39, 0.29) is 17.5 Å². The molecule has 0 saturated carbocycles. The summed E-state index contributed by atoms with van der Waals surface area (Å²) in [6.07, 6.45) is 0.826. The van der Waals surface area contributed by atoms with E-state index in [2.05, 4.69) is 0 Å². The molecule has 106 valence electrons. The fourth-order valence-corrected chi connectivity index (χ4v) is 4.67. The molecule has 0 aliphatic carbocycles. The maximum Gasteiger partial charge on any atom is 0.243 e. The van der Waals surface area contributed by atoms with Gasteiger partial charge in [0.25, 0.3) is 0 Å². The monoisotopic (exact) mass is 286 g/mol. The summed E-state index contributed by atoms with van der Waals surface area (Å²) >= 11 is 0. The molecular formula is C13H19FN2O2S. The summed E-state index contributed by atoms with van der Waals surface area (Å²) in [4.78, 5) is -0.00375. The molecule has 2 atom stereocenters. The fraction of sp³-hybridized carbons (Fsp3) is 0.538. The van der Waals surface area contributed by atoms with Gasteiger partial charge in [-0.1, -0.05) is 13.0 Å². The number of nitrogens with two attached hydrogens (primary N) is 1. The molecule has 0 aromatic heterocycles. The minimum Gasteiger partial charge on any atom is -0.326 e. The number of rotatable bonds is 3. The van der Waals surface area contributed by atoms with Crippen LogP contribution in [0.15, 0.2) is 23.1 Å². The second kappa shape index (κ2) is 5.19. The van der Waals surface area contributed by atoms with Crippen molar-refractivity contribution in [1.29, 1.82) is 0 Å². The summed E-state index contributed by atoms with van der Waals surface area (Å²) in [6.45, 7) is 4.44. The summed E-state index contributed by atoms with van der Waals surface area (Å²) in [6, 6.07) is 3.67. The van der Waals surface area contributed by atoms with Gasteiger partial charge in [0.1, 0.15) is 5.82 Å². The van der Waals surface area contributed by atoms with Crippen molar-refractivity contribution in [3.8, 4) is 0 Å². The van der Waals surface area contributed by atoms with Gasteiger partial charge >= 0.3 is 0 Å². The minimum atomic E-state index is -3.67. The Kier molecular flexibility index (Phi) is 3.94. The van der Waals surface area contributed by atoms with Crippen LogP contribution in [0, 0.1) is 11.7 Å². The average molecular weight is 286 g/mol. The van der Waals surface area contributed by atoms with Gasteiger partial charge in [-0.25, -0.2) is 12.8 Å². The highest BCUT2D eigenvalue weighted by Gasteiger charge is 2.37. The topological polar surface area (TPSA) is 63.4 Å². The molecule has 6 heteroatoms. The van der Waals surface area contributed by atoms with Gasteiger partial charge in [0, 0.05) is 19.1 Å². The standard InChI is InChI=1S/C13H19FN2O2S/c1-9-5-10(2)16(8-9)19(17,18)13-6-12(14)4-3-11(13)7-15/h3-4,6,9-10H,5,7-8,15H2,1-2H3. The molecule has 0 bridgehead atoms. The van der Waals surface area contributed by atoms with E-state index >= 15 is 0 Å². The van der Waals surface area contributed by atoms with Crippen molar-refractivity contribution >= 4 is 10.0 Å². The van der Waals surface area contributed by atoms with Crippen LogP contribution >= 0.6 is 0 Å². The highest BCUT2D eigenvalue weighted by atomic mass is 32.2. The molecule has 19 heavy (non-hydrogen) atoms. The second-order valence-electron chi connectivity index (χ2n) is 5.22. The van der Waals surface area contributed by atoms with E-state index in [4.69, 9.17) is 5.73 Å². The molecule has 1 aliphatic heterocycles. The molecule has 2 rings (SSSR count). The predicted molar refractivity (Wildman–Crippen MR) is 71.4 cm³/mol. The molecule has 0 amide bonds. The zero-order valence-electron chi connectivity index (χ0n) is 11.1. The van der Waals surface area contributed by atoms with E-state index in [1.165, 1.54) is 16.4 Å². The van der Waals surface area contributed by atoms with E-state index in [9.17, 15) is 12.8 Å². The lowest BCUT2D eigenvalue weighted by Gasteiger charge is -2.22. The summed E-state index contributed by atoms with van der Waals surface area (Å²) in [7, 11) is -3.67. The van der Waals surface area contributed by atoms with Crippen LogP contribution in [0.1, 0.15) is 25.8 Å². The van der Waals surface area contributed by atoms with Crippen molar-refractivity contribution in [3.63, 3.8) is 0 Å². The van der Waals surface area contributed by atoms with Gasteiger partial charge in [0.15, 0.2) is 0 Å². The Hall–Kier alpha value is -0.980. The number of sulfonamides is 1. The van der Waals surface area contributed by atoms with Gasteiger partial charge < -0.3 is 5.73 Å². The van der Waals surface area contributed by atoms with Crippen molar-refractivity contribution in [2.75, 3.05) is 6.54 Å². The van der Waals surface area contributed by atoms with Crippen LogP contribution in [0.4, 0.5) is 4.39 Å². The largest absolute Gasteiger partial charge is 0.326 e. The van der Waals surface area contributed by atoms with Gasteiger partial charge in [-0.05, 0) is 37.0 Å². The highest BCUT2D eigenvalue weighted by Crippen LogP contribution is 2.30. The second-order valence-corrected chi connectivity index (χ2v) is 7.08. The maximum atomic E-state index is 13.4. The van der Waals surface area contributed by atoms with Crippen molar-refractivity contribution in [2.24, 2.45) is 11.7 Å². The molecule has 1 aromatic rings. The van der Waals surface area contributed by atoms with Crippen molar-refractivity contribution in [3.05, 3.63) is 29.6 Å². The number of benzene rings is 1. The van der Waals surface area contributed by atoms with E-state index < -0.39 is 15.8 Å². The first kappa shape index (κ1) is 14.4. The lowest BCUT2D eigenvalue weighted by atomic mass is 10.1. The Morgan fingerprint density at radius 3 is 2.63 bits per heavy atom. The third-order valence-corrected chi connectivity index (χ3v) is 5.62. The molecular weight excluding hydrogens is 267 g/mol. The van der Waals surface area contributed by atoms with Gasteiger partial charge in [-0.15, -0.1) is 0 Å². The van der Waals surface area contributed by atoms with E-state index in [1.807, 2.05) is 13.8 Å². The van der Waals surface area contributed by atoms with E-state index in [0.29, 0.717) is 18.0 Å². The number of halogens is 1. The summed E-state index contributed by atoms with van der Waals surface area (Å²) in [5.41, 5.74) is 6.00. The normalized spacial score (nSPS) is 24.8. The third-order valence-electron chi connectivity index (χ3n) is 3.56. The van der Waals surface area contributed by atoms with Crippen LogP contribution in [0.25, 0.3) is 0 Å². The van der Waals surface area contributed by atoms with Gasteiger partial charge in [-0.3, -0.25) is 0 Å². The van der Waals surface area contributed by atoms with Crippen molar-refractivity contribution in [1.82, 2.24) is 4.31 Å². The first-order valence-corrected chi connectivity index (χ1v) is 7.80. The van der Waals surface area contributed by atoms with Crippen LogP contribution < -0.4 is 5.73 Å². The smallest absolute Gasteiger partial charge is 0.243 e. The predicted octanol–water partition coefficient (Wildman–Crippen LogP) is 1.70. The molecule has 0 spiro atoms. The Morgan fingerprint density at radius 1 is 1.42 bits per heavy atom. The number of hydrogen-bond donors (Lipinski definition) is 1. The molecule has 0 radical (unpaired) electrons. The van der Waals surface area contributed by atoms with Gasteiger partial charge in [0.05, 0.1) is 4.90 Å². The maximum absolute atomic E-state index is 13.4. The molecule has 2 unspecified atom stereocenters. The Bertz CT molecular complexity index is 574. The summed E-state index contributed by atoms with van der Waals surface area (Å²) < 4.78 is 40.1. The van der Waals surface area contributed by atoms with Crippen LogP contribution in [0.2, 0.25) is 0 Å². The summed E-state index contributed by atoms with van der Waals surface area (Å²) in [5, 5.41) is 0. The Balaban J connectivity index is 2.48. The fourth-order valence-electron chi connectivity index (χ4n) is 2.66. The van der Waals surface area contributed by atoms with Crippen LogP contribution in [-0.4, -0.2) is 25.3 Å². The first-order valence-electron chi connectivity index (χ1n) is 6.36. The first-order chi connectivity index (χ1) is 8.86. The Labute approximate surface area is 113 Å². The van der Waals surface area contributed by atoms with Crippen LogP contribution in [-0.2, 0) is 16.6 Å². The number of nitrogens with zero attached hydrogens (tertiary/aromatic N) is 1. The Morgan fingerprint density at radius 2 is 2.11 bits per heavy atom. The van der Waals surface area contributed by atoms with Crippen molar-refractivity contribution in [2.45, 2.75) is 37.8 Å². The zero-order chi connectivity index (χ0) is 14.2.